The zero-order valence-corrected chi connectivity index (χ0v) is 21.9. The minimum atomic E-state index is -4.15. The van der Waals surface area contributed by atoms with E-state index in [1.165, 1.54) is 24.3 Å². The molecule has 0 aromatic heterocycles. The number of benzene rings is 3. The number of halogens is 1. The molecule has 1 heterocycles. The first-order chi connectivity index (χ1) is 17.0. The van der Waals surface area contributed by atoms with Crippen LogP contribution in [-0.2, 0) is 33.3 Å². The third-order valence-corrected chi connectivity index (χ3v) is 8.30. The average molecular weight is 550 g/mol. The zero-order valence-electron chi connectivity index (χ0n) is 19.5. The first-order valence-electron chi connectivity index (χ1n) is 10.9. The molecule has 0 radical (unpaired) electrons. The summed E-state index contributed by atoms with van der Waals surface area (Å²) in [5.41, 5.74) is 0.928. The number of aliphatic imine (C=N–C) groups is 1. The van der Waals surface area contributed by atoms with Crippen LogP contribution in [0.2, 0.25) is 5.02 Å². The Morgan fingerprint density at radius 3 is 1.67 bits per heavy atom. The van der Waals surface area contributed by atoms with Gasteiger partial charge in [-0.05, 0) is 62.4 Å². The molecule has 36 heavy (non-hydrogen) atoms. The van der Waals surface area contributed by atoms with Crippen LogP contribution in [0.1, 0.15) is 16.7 Å². The van der Waals surface area contributed by atoms with Crippen LogP contribution in [-0.4, -0.2) is 48.1 Å². The van der Waals surface area contributed by atoms with E-state index in [9.17, 15) is 16.8 Å². The molecule has 11 heteroatoms. The van der Waals surface area contributed by atoms with Crippen molar-refractivity contribution in [3.8, 4) is 0 Å². The SMILES string of the molecule is Cc1ccc(S(=O)(=O)OCC2(COS(=O)(=O)c3ccc(C)cc3)COC(c3ccc(Cl)cc3)=N2)cc1. The van der Waals surface area contributed by atoms with Crippen LogP contribution in [0, 0.1) is 13.8 Å². The molecular weight excluding hydrogens is 526 g/mol. The van der Waals surface area contributed by atoms with E-state index in [1.54, 1.807) is 48.5 Å². The van der Waals surface area contributed by atoms with Crippen molar-refractivity contribution in [3.05, 3.63) is 94.5 Å². The molecule has 3 aromatic carbocycles. The summed E-state index contributed by atoms with van der Waals surface area (Å²) in [6.45, 7) is 2.52. The van der Waals surface area contributed by atoms with Gasteiger partial charge in [-0.1, -0.05) is 47.0 Å². The van der Waals surface area contributed by atoms with Crippen molar-refractivity contribution in [3.63, 3.8) is 0 Å². The Kier molecular flexibility index (Phi) is 7.53. The molecule has 0 saturated carbocycles. The third kappa shape index (κ3) is 6.13. The van der Waals surface area contributed by atoms with Crippen molar-refractivity contribution in [2.75, 3.05) is 19.8 Å². The van der Waals surface area contributed by atoms with E-state index >= 15 is 0 Å². The van der Waals surface area contributed by atoms with Gasteiger partial charge in [-0.15, -0.1) is 0 Å². The molecule has 4 rings (SSSR count). The summed E-state index contributed by atoms with van der Waals surface area (Å²) in [5.74, 6) is 0.194. The van der Waals surface area contributed by atoms with Crippen molar-refractivity contribution in [1.29, 1.82) is 0 Å². The Hall–Kier alpha value is -2.76. The molecule has 8 nitrogen and oxygen atoms in total. The second-order valence-corrected chi connectivity index (χ2v) is 12.2. The lowest BCUT2D eigenvalue weighted by molar-refractivity contribution is 0.124. The lowest BCUT2D eigenvalue weighted by Crippen LogP contribution is -2.41. The number of hydrogen-bond acceptors (Lipinski definition) is 8. The van der Waals surface area contributed by atoms with Gasteiger partial charge in [-0.2, -0.15) is 16.8 Å². The molecule has 1 aliphatic rings. The Balaban J connectivity index is 1.60. The molecule has 0 N–H and O–H groups in total. The van der Waals surface area contributed by atoms with E-state index < -0.39 is 39.0 Å². The first kappa shape index (κ1) is 26.3. The molecule has 0 amide bonds. The van der Waals surface area contributed by atoms with E-state index in [1.807, 2.05) is 13.8 Å². The predicted molar refractivity (Wildman–Crippen MR) is 135 cm³/mol. The molecule has 0 unspecified atom stereocenters. The molecular formula is C25H24ClNO7S2. The maximum atomic E-state index is 12.8. The highest BCUT2D eigenvalue weighted by atomic mass is 35.5. The lowest BCUT2D eigenvalue weighted by Gasteiger charge is -2.23. The standard InChI is InChI=1S/C25H24ClNO7S2/c1-18-3-11-22(12-4-18)35(28,29)33-16-25(15-32-24(27-25)20-7-9-21(26)10-8-20)17-34-36(30,31)23-13-5-19(2)6-14-23/h3-14H,15-17H2,1-2H3. The Labute approximate surface area is 215 Å². The highest BCUT2D eigenvalue weighted by Crippen LogP contribution is 2.27. The molecule has 0 atom stereocenters. The Morgan fingerprint density at radius 2 is 1.22 bits per heavy atom. The summed E-state index contributed by atoms with van der Waals surface area (Å²) in [6, 6.07) is 19.0. The fraction of sp³-hybridized carbons (Fsp3) is 0.240. The summed E-state index contributed by atoms with van der Waals surface area (Å²) in [6.07, 6.45) is 0. The average Bonchev–Trinajstić information content (AvgIpc) is 3.28. The third-order valence-electron chi connectivity index (χ3n) is 5.49. The molecule has 1 aliphatic heterocycles. The molecule has 0 aliphatic carbocycles. The van der Waals surface area contributed by atoms with E-state index in [0.717, 1.165) is 11.1 Å². The second kappa shape index (κ2) is 10.3. The van der Waals surface area contributed by atoms with Gasteiger partial charge < -0.3 is 4.74 Å². The van der Waals surface area contributed by atoms with Gasteiger partial charge >= 0.3 is 0 Å². The summed E-state index contributed by atoms with van der Waals surface area (Å²) in [4.78, 5) is 4.45. The lowest BCUT2D eigenvalue weighted by atomic mass is 10.1. The number of nitrogens with zero attached hydrogens (tertiary/aromatic N) is 1. The summed E-state index contributed by atoms with van der Waals surface area (Å²) < 4.78 is 67.6. The normalized spacial score (nSPS) is 15.4. The quantitative estimate of drug-likeness (QED) is 0.366. The number of hydrogen-bond donors (Lipinski definition) is 0. The minimum absolute atomic E-state index is 0.0303. The maximum absolute atomic E-state index is 12.8. The van der Waals surface area contributed by atoms with Gasteiger partial charge in [0.15, 0.2) is 0 Å². The number of ether oxygens (including phenoxy) is 1. The van der Waals surface area contributed by atoms with Gasteiger partial charge in [-0.3, -0.25) is 8.37 Å². The predicted octanol–water partition coefficient (Wildman–Crippen LogP) is 4.28. The topological polar surface area (TPSA) is 108 Å². The molecule has 0 fully saturated rings. The minimum Gasteiger partial charge on any atom is -0.475 e. The maximum Gasteiger partial charge on any atom is 0.297 e. The van der Waals surface area contributed by atoms with Crippen LogP contribution >= 0.6 is 11.6 Å². The van der Waals surface area contributed by atoms with E-state index in [4.69, 9.17) is 24.7 Å². The van der Waals surface area contributed by atoms with Crippen LogP contribution in [0.15, 0.2) is 87.6 Å². The first-order valence-corrected chi connectivity index (χ1v) is 14.1. The molecule has 3 aromatic rings. The highest BCUT2D eigenvalue weighted by Gasteiger charge is 2.41. The van der Waals surface area contributed by atoms with Crippen molar-refractivity contribution < 1.29 is 29.9 Å². The van der Waals surface area contributed by atoms with Crippen molar-refractivity contribution in [2.24, 2.45) is 4.99 Å². The van der Waals surface area contributed by atoms with Crippen molar-refractivity contribution in [1.82, 2.24) is 0 Å². The van der Waals surface area contributed by atoms with Gasteiger partial charge in [0, 0.05) is 10.6 Å². The number of aryl methyl sites for hydroxylation is 2. The van der Waals surface area contributed by atoms with E-state index in [0.29, 0.717) is 10.6 Å². The van der Waals surface area contributed by atoms with Crippen LogP contribution in [0.25, 0.3) is 0 Å². The van der Waals surface area contributed by atoms with Crippen molar-refractivity contribution >= 4 is 37.7 Å². The van der Waals surface area contributed by atoms with E-state index in [2.05, 4.69) is 4.99 Å². The Morgan fingerprint density at radius 1 is 0.778 bits per heavy atom. The van der Waals surface area contributed by atoms with Crippen LogP contribution in [0.5, 0.6) is 0 Å². The van der Waals surface area contributed by atoms with Crippen molar-refractivity contribution in [2.45, 2.75) is 29.2 Å². The second-order valence-electron chi connectivity index (χ2n) is 8.50. The van der Waals surface area contributed by atoms with Gasteiger partial charge in [0.05, 0.1) is 23.0 Å². The Bertz CT molecular complexity index is 1390. The number of rotatable bonds is 9. The van der Waals surface area contributed by atoms with Gasteiger partial charge in [0.2, 0.25) is 5.90 Å². The van der Waals surface area contributed by atoms with Crippen LogP contribution in [0.3, 0.4) is 0 Å². The van der Waals surface area contributed by atoms with Gasteiger partial charge in [-0.25, -0.2) is 4.99 Å². The fourth-order valence-electron chi connectivity index (χ4n) is 3.33. The highest BCUT2D eigenvalue weighted by molar-refractivity contribution is 7.87. The monoisotopic (exact) mass is 549 g/mol. The fourth-order valence-corrected chi connectivity index (χ4v) is 5.42. The zero-order chi connectivity index (χ0) is 26.0. The summed E-state index contributed by atoms with van der Waals surface area (Å²) in [5, 5.41) is 0.517. The van der Waals surface area contributed by atoms with Gasteiger partial charge in [0.25, 0.3) is 20.2 Å². The van der Waals surface area contributed by atoms with E-state index in [-0.39, 0.29) is 22.3 Å². The summed E-state index contributed by atoms with van der Waals surface area (Å²) in [7, 11) is -8.30. The molecule has 190 valence electrons. The molecule has 0 spiro atoms. The summed E-state index contributed by atoms with van der Waals surface area (Å²) >= 11 is 5.96. The molecule has 0 bridgehead atoms. The van der Waals surface area contributed by atoms with Gasteiger partial charge in [0.1, 0.15) is 12.1 Å². The smallest absolute Gasteiger partial charge is 0.297 e. The van der Waals surface area contributed by atoms with Crippen LogP contribution < -0.4 is 0 Å². The molecule has 0 saturated heterocycles. The van der Waals surface area contributed by atoms with Crippen LogP contribution in [0.4, 0.5) is 0 Å². The largest absolute Gasteiger partial charge is 0.475 e.